The van der Waals surface area contributed by atoms with Crippen LogP contribution in [0.2, 0.25) is 10.0 Å². The SMILES string of the molecule is NNC(Cc1ccc(Cl)cc1Cl)c1csc2ccccc12. The molecule has 1 heterocycles. The van der Waals surface area contributed by atoms with Gasteiger partial charge >= 0.3 is 0 Å². The van der Waals surface area contributed by atoms with Crippen molar-refractivity contribution in [2.24, 2.45) is 5.84 Å². The zero-order chi connectivity index (χ0) is 14.8. The highest BCUT2D eigenvalue weighted by molar-refractivity contribution is 7.17. The lowest BCUT2D eigenvalue weighted by atomic mass is 9.99. The van der Waals surface area contributed by atoms with Gasteiger partial charge < -0.3 is 0 Å². The molecular formula is C16H14Cl2N2S. The van der Waals surface area contributed by atoms with E-state index in [1.807, 2.05) is 24.3 Å². The summed E-state index contributed by atoms with van der Waals surface area (Å²) in [5.41, 5.74) is 5.13. The van der Waals surface area contributed by atoms with Crippen LogP contribution in [0.4, 0.5) is 0 Å². The average Bonchev–Trinajstić information content (AvgIpc) is 2.91. The molecule has 0 fully saturated rings. The number of hydrazine groups is 1. The molecule has 0 bridgehead atoms. The summed E-state index contributed by atoms with van der Waals surface area (Å²) in [6.07, 6.45) is 0.716. The number of nitrogens with one attached hydrogen (secondary N) is 1. The van der Waals surface area contributed by atoms with Gasteiger partial charge in [0.2, 0.25) is 0 Å². The van der Waals surface area contributed by atoms with Crippen molar-refractivity contribution in [3.63, 3.8) is 0 Å². The van der Waals surface area contributed by atoms with Gasteiger partial charge in [-0.2, -0.15) is 0 Å². The van der Waals surface area contributed by atoms with Crippen molar-refractivity contribution < 1.29 is 0 Å². The van der Waals surface area contributed by atoms with E-state index in [1.165, 1.54) is 15.6 Å². The lowest BCUT2D eigenvalue weighted by Crippen LogP contribution is -2.29. The predicted octanol–water partition coefficient (Wildman–Crippen LogP) is 4.96. The number of nitrogens with two attached hydrogens (primary N) is 1. The molecule has 108 valence electrons. The fourth-order valence-electron chi connectivity index (χ4n) is 2.43. The Morgan fingerprint density at radius 1 is 1.14 bits per heavy atom. The Labute approximate surface area is 137 Å². The smallest absolute Gasteiger partial charge is 0.0515 e. The van der Waals surface area contributed by atoms with E-state index in [0.717, 1.165) is 5.56 Å². The molecule has 5 heteroatoms. The van der Waals surface area contributed by atoms with Gasteiger partial charge in [0.05, 0.1) is 6.04 Å². The van der Waals surface area contributed by atoms with Crippen molar-refractivity contribution in [2.75, 3.05) is 0 Å². The van der Waals surface area contributed by atoms with E-state index in [0.29, 0.717) is 16.5 Å². The summed E-state index contributed by atoms with van der Waals surface area (Å²) in [6, 6.07) is 13.9. The Morgan fingerprint density at radius 2 is 1.95 bits per heavy atom. The first-order valence-corrected chi connectivity index (χ1v) is 8.19. The Hall–Kier alpha value is -1.10. The number of rotatable bonds is 4. The summed E-state index contributed by atoms with van der Waals surface area (Å²) < 4.78 is 1.26. The zero-order valence-electron chi connectivity index (χ0n) is 11.1. The monoisotopic (exact) mass is 336 g/mol. The molecule has 2 nitrogen and oxygen atoms in total. The Morgan fingerprint density at radius 3 is 2.71 bits per heavy atom. The van der Waals surface area contributed by atoms with Crippen LogP contribution in [0.25, 0.3) is 10.1 Å². The van der Waals surface area contributed by atoms with Gasteiger partial charge in [0.25, 0.3) is 0 Å². The van der Waals surface area contributed by atoms with Gasteiger partial charge in [-0.05, 0) is 46.5 Å². The molecule has 0 saturated carbocycles. The number of hydrogen-bond donors (Lipinski definition) is 2. The van der Waals surface area contributed by atoms with Crippen LogP contribution in [0, 0.1) is 0 Å². The minimum atomic E-state index is 0.0137. The molecule has 1 aromatic heterocycles. The Balaban J connectivity index is 1.95. The van der Waals surface area contributed by atoms with Crippen LogP contribution in [0.5, 0.6) is 0 Å². The van der Waals surface area contributed by atoms with Crippen molar-refractivity contribution in [1.82, 2.24) is 5.43 Å². The molecule has 0 spiro atoms. The van der Waals surface area contributed by atoms with Crippen LogP contribution < -0.4 is 11.3 Å². The van der Waals surface area contributed by atoms with Crippen LogP contribution in [0.1, 0.15) is 17.2 Å². The average molecular weight is 337 g/mol. The highest BCUT2D eigenvalue weighted by atomic mass is 35.5. The first-order chi connectivity index (χ1) is 10.2. The van der Waals surface area contributed by atoms with Crippen LogP contribution in [-0.4, -0.2) is 0 Å². The first-order valence-electron chi connectivity index (χ1n) is 6.55. The van der Waals surface area contributed by atoms with Crippen LogP contribution in [0.3, 0.4) is 0 Å². The van der Waals surface area contributed by atoms with E-state index in [4.69, 9.17) is 29.0 Å². The van der Waals surface area contributed by atoms with Crippen molar-refractivity contribution in [3.05, 3.63) is 69.0 Å². The highest BCUT2D eigenvalue weighted by Crippen LogP contribution is 2.33. The minimum Gasteiger partial charge on any atom is -0.271 e. The maximum Gasteiger partial charge on any atom is 0.0515 e. The Kier molecular flexibility index (Phi) is 4.48. The standard InChI is InChI=1S/C16H14Cl2N2S/c17-11-6-5-10(14(18)8-11)7-15(20-19)13-9-21-16-4-2-1-3-12(13)16/h1-6,8-9,15,20H,7,19H2. The van der Waals surface area contributed by atoms with Gasteiger partial charge in [0, 0.05) is 14.7 Å². The molecule has 1 unspecified atom stereocenters. The molecule has 0 aliphatic carbocycles. The lowest BCUT2D eigenvalue weighted by Gasteiger charge is -2.16. The second-order valence-electron chi connectivity index (χ2n) is 4.85. The second-order valence-corrected chi connectivity index (χ2v) is 6.60. The molecule has 0 saturated heterocycles. The molecule has 3 aromatic rings. The second kappa shape index (κ2) is 6.34. The van der Waals surface area contributed by atoms with Gasteiger partial charge in [0.1, 0.15) is 0 Å². The molecule has 2 aromatic carbocycles. The normalized spacial score (nSPS) is 12.7. The zero-order valence-corrected chi connectivity index (χ0v) is 13.5. The predicted molar refractivity (Wildman–Crippen MR) is 92.1 cm³/mol. The topological polar surface area (TPSA) is 38.0 Å². The summed E-state index contributed by atoms with van der Waals surface area (Å²) in [5, 5.41) is 4.69. The minimum absolute atomic E-state index is 0.0137. The molecule has 0 aliphatic rings. The quantitative estimate of drug-likeness (QED) is 0.522. The molecule has 0 radical (unpaired) electrons. The van der Waals surface area contributed by atoms with Crippen molar-refractivity contribution >= 4 is 44.6 Å². The van der Waals surface area contributed by atoms with Crippen LogP contribution in [0.15, 0.2) is 47.8 Å². The van der Waals surface area contributed by atoms with E-state index < -0.39 is 0 Å². The fourth-order valence-corrected chi connectivity index (χ4v) is 3.93. The van der Waals surface area contributed by atoms with Gasteiger partial charge in [-0.15, -0.1) is 11.3 Å². The Bertz CT molecular complexity index is 770. The van der Waals surface area contributed by atoms with Gasteiger partial charge in [-0.3, -0.25) is 11.3 Å². The largest absolute Gasteiger partial charge is 0.271 e. The number of fused-ring (bicyclic) bond motifs is 1. The van der Waals surface area contributed by atoms with E-state index in [2.05, 4.69) is 22.9 Å². The maximum absolute atomic E-state index is 6.26. The van der Waals surface area contributed by atoms with E-state index in [9.17, 15) is 0 Å². The number of benzene rings is 2. The molecule has 21 heavy (non-hydrogen) atoms. The maximum atomic E-state index is 6.26. The van der Waals surface area contributed by atoms with Crippen molar-refractivity contribution in [1.29, 1.82) is 0 Å². The van der Waals surface area contributed by atoms with E-state index >= 15 is 0 Å². The van der Waals surface area contributed by atoms with Gasteiger partial charge in [-0.1, -0.05) is 47.5 Å². The van der Waals surface area contributed by atoms with Crippen LogP contribution >= 0.6 is 34.5 Å². The van der Waals surface area contributed by atoms with E-state index in [1.54, 1.807) is 17.4 Å². The summed E-state index contributed by atoms with van der Waals surface area (Å²) in [7, 11) is 0. The number of halogens is 2. The third-order valence-corrected chi connectivity index (χ3v) is 5.10. The molecule has 1 atom stereocenters. The lowest BCUT2D eigenvalue weighted by molar-refractivity contribution is 0.557. The van der Waals surface area contributed by atoms with Crippen molar-refractivity contribution in [2.45, 2.75) is 12.5 Å². The fraction of sp³-hybridized carbons (Fsp3) is 0.125. The van der Waals surface area contributed by atoms with E-state index in [-0.39, 0.29) is 6.04 Å². The molecule has 0 aliphatic heterocycles. The third-order valence-electron chi connectivity index (χ3n) is 3.53. The highest BCUT2D eigenvalue weighted by Gasteiger charge is 2.16. The number of hydrogen-bond acceptors (Lipinski definition) is 3. The van der Waals surface area contributed by atoms with Crippen molar-refractivity contribution in [3.8, 4) is 0 Å². The first kappa shape index (κ1) is 14.8. The summed E-state index contributed by atoms with van der Waals surface area (Å²) in [4.78, 5) is 0. The summed E-state index contributed by atoms with van der Waals surface area (Å²) in [6.45, 7) is 0. The summed E-state index contributed by atoms with van der Waals surface area (Å²) in [5.74, 6) is 5.77. The van der Waals surface area contributed by atoms with Crippen LogP contribution in [-0.2, 0) is 6.42 Å². The third kappa shape index (κ3) is 3.07. The summed E-state index contributed by atoms with van der Waals surface area (Å²) >= 11 is 13.9. The van der Waals surface area contributed by atoms with Gasteiger partial charge in [-0.25, -0.2) is 0 Å². The molecule has 3 N–H and O–H groups in total. The van der Waals surface area contributed by atoms with Gasteiger partial charge in [0.15, 0.2) is 0 Å². The molecule has 0 amide bonds. The number of thiophene rings is 1. The molecule has 3 rings (SSSR count). The molecular weight excluding hydrogens is 323 g/mol.